The molecule has 2 aliphatic heterocycles. The standard InChI is InChI=1S/C30H44N6O3/c1-4-5-6-23-9-14-35(15-10-23)30(38)28-20-29(33-21-32-28)34-17-12-25(13-18-34)36(22-37)16-11-24-19-26(39-3)7-8-27(24)31-2/h7-8,19-23,25,31H,4-6,9-18H2,1-3H3. The number of nitrogens with one attached hydrogen (secondary N) is 1. The van der Waals surface area contributed by atoms with E-state index in [-0.39, 0.29) is 11.9 Å². The molecule has 0 spiro atoms. The summed E-state index contributed by atoms with van der Waals surface area (Å²) in [6.07, 6.45) is 10.9. The van der Waals surface area contributed by atoms with E-state index in [1.165, 1.54) is 25.6 Å². The first-order chi connectivity index (χ1) is 19.1. The number of carbonyl (C=O) groups excluding carboxylic acids is 2. The van der Waals surface area contributed by atoms with E-state index in [1.54, 1.807) is 7.11 Å². The third-order valence-corrected chi connectivity index (χ3v) is 8.35. The number of piperidine rings is 2. The van der Waals surface area contributed by atoms with E-state index < -0.39 is 0 Å². The van der Waals surface area contributed by atoms with E-state index in [0.29, 0.717) is 12.2 Å². The van der Waals surface area contributed by atoms with Crippen molar-refractivity contribution in [2.24, 2.45) is 5.92 Å². The van der Waals surface area contributed by atoms with Gasteiger partial charge in [0.05, 0.1) is 7.11 Å². The lowest BCUT2D eigenvalue weighted by Crippen LogP contribution is -2.45. The Morgan fingerprint density at radius 1 is 1.13 bits per heavy atom. The lowest BCUT2D eigenvalue weighted by atomic mass is 9.91. The smallest absolute Gasteiger partial charge is 0.272 e. The highest BCUT2D eigenvalue weighted by molar-refractivity contribution is 5.93. The van der Waals surface area contributed by atoms with Gasteiger partial charge in [0.25, 0.3) is 5.91 Å². The predicted molar refractivity (Wildman–Crippen MR) is 154 cm³/mol. The monoisotopic (exact) mass is 536 g/mol. The van der Waals surface area contributed by atoms with Gasteiger partial charge in [0.1, 0.15) is 23.6 Å². The number of carbonyl (C=O) groups is 2. The largest absolute Gasteiger partial charge is 0.497 e. The Hall–Kier alpha value is -3.36. The van der Waals surface area contributed by atoms with Gasteiger partial charge in [-0.3, -0.25) is 9.59 Å². The van der Waals surface area contributed by atoms with Gasteiger partial charge in [0, 0.05) is 57.6 Å². The second-order valence-corrected chi connectivity index (χ2v) is 10.7. The first kappa shape index (κ1) is 28.6. The highest BCUT2D eigenvalue weighted by Crippen LogP contribution is 2.26. The maximum absolute atomic E-state index is 13.2. The predicted octanol–water partition coefficient (Wildman–Crippen LogP) is 4.24. The Morgan fingerprint density at radius 3 is 2.56 bits per heavy atom. The second-order valence-electron chi connectivity index (χ2n) is 10.7. The number of likely N-dealkylation sites (tertiary alicyclic amines) is 1. The van der Waals surface area contributed by atoms with Gasteiger partial charge in [-0.1, -0.05) is 26.2 Å². The zero-order valence-corrected chi connectivity index (χ0v) is 23.8. The Kier molecular flexibility index (Phi) is 10.4. The minimum Gasteiger partial charge on any atom is -0.497 e. The Labute approximate surface area is 232 Å². The minimum absolute atomic E-state index is 0.00749. The number of anilines is 2. The number of aromatic nitrogens is 2. The average molecular weight is 537 g/mol. The van der Waals surface area contributed by atoms with Crippen LogP contribution in [0.2, 0.25) is 0 Å². The summed E-state index contributed by atoms with van der Waals surface area (Å²) in [5.74, 6) is 2.35. The van der Waals surface area contributed by atoms with Crippen molar-refractivity contribution in [3.8, 4) is 5.75 Å². The molecule has 2 aromatic rings. The van der Waals surface area contributed by atoms with E-state index in [9.17, 15) is 9.59 Å². The summed E-state index contributed by atoms with van der Waals surface area (Å²) in [7, 11) is 3.57. The van der Waals surface area contributed by atoms with Crippen LogP contribution in [0.15, 0.2) is 30.6 Å². The summed E-state index contributed by atoms with van der Waals surface area (Å²) in [6, 6.07) is 7.99. The van der Waals surface area contributed by atoms with Crippen LogP contribution in [0.25, 0.3) is 0 Å². The lowest BCUT2D eigenvalue weighted by Gasteiger charge is -2.37. The van der Waals surface area contributed by atoms with Crippen molar-refractivity contribution in [2.45, 2.75) is 64.3 Å². The fourth-order valence-corrected chi connectivity index (χ4v) is 5.86. The fraction of sp³-hybridized carbons (Fsp3) is 0.600. The van der Waals surface area contributed by atoms with Gasteiger partial charge in [0.15, 0.2) is 0 Å². The summed E-state index contributed by atoms with van der Waals surface area (Å²) in [6.45, 7) is 6.07. The first-order valence-corrected chi connectivity index (χ1v) is 14.5. The number of benzene rings is 1. The molecule has 0 saturated carbocycles. The number of hydrogen-bond donors (Lipinski definition) is 1. The fourth-order valence-electron chi connectivity index (χ4n) is 5.86. The summed E-state index contributed by atoms with van der Waals surface area (Å²) >= 11 is 0. The molecule has 0 bridgehead atoms. The number of nitrogens with zero attached hydrogens (tertiary/aromatic N) is 5. The van der Waals surface area contributed by atoms with Crippen molar-refractivity contribution in [2.75, 3.05) is 57.1 Å². The molecule has 0 radical (unpaired) electrons. The average Bonchev–Trinajstić information content (AvgIpc) is 3.00. The van der Waals surface area contributed by atoms with Gasteiger partial charge in [-0.05, 0) is 61.8 Å². The molecule has 2 amide bonds. The molecule has 0 atom stereocenters. The van der Waals surface area contributed by atoms with Gasteiger partial charge in [-0.25, -0.2) is 9.97 Å². The van der Waals surface area contributed by atoms with Crippen molar-refractivity contribution >= 4 is 23.8 Å². The molecule has 2 fully saturated rings. The molecule has 1 aromatic carbocycles. The number of hydrogen-bond acceptors (Lipinski definition) is 7. The quantitative estimate of drug-likeness (QED) is 0.406. The van der Waals surface area contributed by atoms with Gasteiger partial charge in [-0.2, -0.15) is 0 Å². The number of rotatable bonds is 12. The van der Waals surface area contributed by atoms with Crippen LogP contribution < -0.4 is 15.0 Å². The first-order valence-electron chi connectivity index (χ1n) is 14.5. The van der Waals surface area contributed by atoms with Gasteiger partial charge < -0.3 is 24.8 Å². The molecule has 1 aromatic heterocycles. The summed E-state index contributed by atoms with van der Waals surface area (Å²) in [5.41, 5.74) is 2.65. The molecule has 212 valence electrons. The summed E-state index contributed by atoms with van der Waals surface area (Å²) in [5, 5.41) is 3.23. The Balaban J connectivity index is 1.30. The van der Waals surface area contributed by atoms with Crippen molar-refractivity contribution in [3.63, 3.8) is 0 Å². The van der Waals surface area contributed by atoms with Gasteiger partial charge >= 0.3 is 0 Å². The maximum atomic E-state index is 13.2. The van der Waals surface area contributed by atoms with Crippen molar-refractivity contribution in [3.05, 3.63) is 41.9 Å². The molecule has 0 aliphatic carbocycles. The molecule has 39 heavy (non-hydrogen) atoms. The topological polar surface area (TPSA) is 90.9 Å². The number of amides is 2. The van der Waals surface area contributed by atoms with Gasteiger partial charge in [-0.15, -0.1) is 0 Å². The van der Waals surface area contributed by atoms with Crippen molar-refractivity contribution in [1.29, 1.82) is 0 Å². The van der Waals surface area contributed by atoms with Crippen LogP contribution in [0.3, 0.4) is 0 Å². The second kappa shape index (κ2) is 14.1. The molecule has 3 heterocycles. The van der Waals surface area contributed by atoms with E-state index in [2.05, 4.69) is 27.1 Å². The van der Waals surface area contributed by atoms with Crippen LogP contribution >= 0.6 is 0 Å². The van der Waals surface area contributed by atoms with Crippen LogP contribution in [0.5, 0.6) is 5.75 Å². The molecule has 2 saturated heterocycles. The Morgan fingerprint density at radius 2 is 1.90 bits per heavy atom. The third kappa shape index (κ3) is 7.40. The number of unbranched alkanes of at least 4 members (excludes halogenated alkanes) is 1. The van der Waals surface area contributed by atoms with Crippen molar-refractivity contribution in [1.82, 2.24) is 19.8 Å². The summed E-state index contributed by atoms with van der Waals surface area (Å²) < 4.78 is 5.38. The molecule has 9 nitrogen and oxygen atoms in total. The highest BCUT2D eigenvalue weighted by Gasteiger charge is 2.27. The summed E-state index contributed by atoms with van der Waals surface area (Å²) in [4.78, 5) is 40.1. The molecular formula is C30H44N6O3. The molecular weight excluding hydrogens is 492 g/mol. The van der Waals surface area contributed by atoms with Crippen LogP contribution in [-0.2, 0) is 11.2 Å². The molecule has 9 heteroatoms. The Bertz CT molecular complexity index is 1080. The highest BCUT2D eigenvalue weighted by atomic mass is 16.5. The molecule has 0 unspecified atom stereocenters. The van der Waals surface area contributed by atoms with E-state index in [0.717, 1.165) is 93.4 Å². The maximum Gasteiger partial charge on any atom is 0.272 e. The SMILES string of the molecule is CCCCC1CCN(C(=O)c2cc(N3CCC(N(C=O)CCc4cc(OC)ccc4NC)CC3)ncn2)CC1. The number of ether oxygens (including phenoxy) is 1. The molecule has 2 aliphatic rings. The normalized spacial score (nSPS) is 16.7. The lowest BCUT2D eigenvalue weighted by molar-refractivity contribution is -0.120. The van der Waals surface area contributed by atoms with E-state index in [4.69, 9.17) is 4.74 Å². The van der Waals surface area contributed by atoms with Crippen molar-refractivity contribution < 1.29 is 14.3 Å². The number of methoxy groups -OCH3 is 1. The van der Waals surface area contributed by atoms with Crippen LogP contribution in [0.1, 0.15) is 67.9 Å². The van der Waals surface area contributed by atoms with E-state index >= 15 is 0 Å². The van der Waals surface area contributed by atoms with Crippen LogP contribution in [0, 0.1) is 5.92 Å². The zero-order chi connectivity index (χ0) is 27.6. The van der Waals surface area contributed by atoms with E-state index in [1.807, 2.05) is 41.1 Å². The zero-order valence-electron chi connectivity index (χ0n) is 23.8. The molecule has 1 N–H and O–H groups in total. The van der Waals surface area contributed by atoms with Crippen LogP contribution in [-0.4, -0.2) is 85.0 Å². The minimum atomic E-state index is 0.00749. The van der Waals surface area contributed by atoms with Crippen LogP contribution in [0.4, 0.5) is 11.5 Å². The molecule has 4 rings (SSSR count). The van der Waals surface area contributed by atoms with Gasteiger partial charge in [0.2, 0.25) is 6.41 Å². The third-order valence-electron chi connectivity index (χ3n) is 8.35.